The van der Waals surface area contributed by atoms with Crippen molar-refractivity contribution in [2.45, 2.75) is 31.4 Å². The van der Waals surface area contributed by atoms with Crippen LogP contribution in [0.15, 0.2) is 11.6 Å². The molecule has 0 aromatic carbocycles. The first-order valence-corrected chi connectivity index (χ1v) is 6.26. The van der Waals surface area contributed by atoms with E-state index in [-0.39, 0.29) is 4.75 Å². The van der Waals surface area contributed by atoms with E-state index in [1.807, 2.05) is 0 Å². The fourth-order valence-corrected chi connectivity index (χ4v) is 1.94. The molecule has 0 unspecified atom stereocenters. The third-order valence-electron chi connectivity index (χ3n) is 2.27. The lowest BCUT2D eigenvalue weighted by Crippen LogP contribution is -2.26. The molecule has 0 radical (unpaired) electrons. The minimum absolute atomic E-state index is 0.181. The molecule has 0 aromatic heterocycles. The quantitative estimate of drug-likeness (QED) is 0.406. The van der Waals surface area contributed by atoms with Crippen LogP contribution in [0.1, 0.15) is 26.7 Å². The molecule has 0 aromatic rings. The molecule has 1 heterocycles. The highest BCUT2D eigenvalue weighted by atomic mass is 33.1. The van der Waals surface area contributed by atoms with Crippen LogP contribution in [0.25, 0.3) is 0 Å². The Balaban J connectivity index is 2.64. The first-order chi connectivity index (χ1) is 5.67. The maximum absolute atomic E-state index is 4.29. The topological polar surface area (TPSA) is 12.0 Å². The van der Waals surface area contributed by atoms with Crippen molar-refractivity contribution in [2.24, 2.45) is 0 Å². The first-order valence-electron chi connectivity index (χ1n) is 4.39. The van der Waals surface area contributed by atoms with Crippen LogP contribution in [0.2, 0.25) is 0 Å². The highest BCUT2D eigenvalue weighted by molar-refractivity contribution is 8.69. The molecule has 0 bridgehead atoms. The number of allylic oxidation sites excluding steroid dienone is 1. The van der Waals surface area contributed by atoms with E-state index in [0.717, 1.165) is 13.1 Å². The summed E-state index contributed by atoms with van der Waals surface area (Å²) in [5, 5.41) is 3.42. The Labute approximate surface area is 84.2 Å². The average molecular weight is 203 g/mol. The summed E-state index contributed by atoms with van der Waals surface area (Å²) < 4.78 is 0.181. The minimum Gasteiger partial charge on any atom is -0.313 e. The van der Waals surface area contributed by atoms with E-state index < -0.39 is 0 Å². The summed E-state index contributed by atoms with van der Waals surface area (Å²) in [6.45, 7) is 6.63. The van der Waals surface area contributed by atoms with Crippen LogP contribution < -0.4 is 5.32 Å². The number of thiol groups is 1. The Hall–Kier alpha value is 0.400. The smallest absolute Gasteiger partial charge is 0.0425 e. The van der Waals surface area contributed by atoms with E-state index in [0.29, 0.717) is 0 Å². The van der Waals surface area contributed by atoms with Gasteiger partial charge in [0.2, 0.25) is 0 Å². The Morgan fingerprint density at radius 3 is 3.00 bits per heavy atom. The maximum atomic E-state index is 4.29. The minimum atomic E-state index is 0.181. The van der Waals surface area contributed by atoms with Crippen LogP contribution in [-0.4, -0.2) is 17.8 Å². The van der Waals surface area contributed by atoms with Gasteiger partial charge in [-0.05, 0) is 38.8 Å². The molecular weight excluding hydrogens is 186 g/mol. The van der Waals surface area contributed by atoms with Gasteiger partial charge in [-0.25, -0.2) is 0 Å². The molecule has 0 amide bonds. The molecule has 0 spiro atoms. The molecule has 1 nitrogen and oxygen atoms in total. The van der Waals surface area contributed by atoms with Crippen LogP contribution in [0.5, 0.6) is 0 Å². The van der Waals surface area contributed by atoms with Crippen LogP contribution in [0, 0.1) is 0 Å². The van der Waals surface area contributed by atoms with Gasteiger partial charge in [-0.3, -0.25) is 0 Å². The number of rotatable bonds is 2. The van der Waals surface area contributed by atoms with Gasteiger partial charge in [0, 0.05) is 11.3 Å². The third-order valence-corrected chi connectivity index (χ3v) is 4.35. The Morgan fingerprint density at radius 2 is 2.33 bits per heavy atom. The first kappa shape index (κ1) is 10.5. The van der Waals surface area contributed by atoms with Gasteiger partial charge in [-0.2, -0.15) is 0 Å². The molecule has 1 N–H and O–H groups in total. The highest BCUT2D eigenvalue weighted by Gasteiger charge is 2.22. The average Bonchev–Trinajstić information content (AvgIpc) is 2.32. The molecule has 0 saturated carbocycles. The van der Waals surface area contributed by atoms with Crippen LogP contribution in [0.3, 0.4) is 0 Å². The normalized spacial score (nSPS) is 20.1. The molecule has 0 saturated heterocycles. The molecule has 0 fully saturated rings. The fourth-order valence-electron chi connectivity index (χ4n) is 1.32. The number of hydrogen-bond donors (Lipinski definition) is 2. The van der Waals surface area contributed by atoms with Gasteiger partial charge in [0.25, 0.3) is 0 Å². The Morgan fingerprint density at radius 1 is 1.58 bits per heavy atom. The van der Waals surface area contributed by atoms with Crippen molar-refractivity contribution >= 4 is 22.5 Å². The molecule has 70 valence electrons. The van der Waals surface area contributed by atoms with Crippen molar-refractivity contribution in [1.29, 1.82) is 0 Å². The third kappa shape index (κ3) is 2.71. The monoisotopic (exact) mass is 203 g/mol. The summed E-state index contributed by atoms with van der Waals surface area (Å²) in [5.74, 6) is 0. The van der Waals surface area contributed by atoms with E-state index in [2.05, 4.69) is 36.9 Å². The highest BCUT2D eigenvalue weighted by Crippen LogP contribution is 2.35. The second-order valence-corrected chi connectivity index (χ2v) is 5.40. The van der Waals surface area contributed by atoms with E-state index >= 15 is 0 Å². The number of hydrogen-bond acceptors (Lipinski definition) is 3. The van der Waals surface area contributed by atoms with Crippen molar-refractivity contribution in [3.63, 3.8) is 0 Å². The molecule has 12 heavy (non-hydrogen) atoms. The van der Waals surface area contributed by atoms with Crippen molar-refractivity contribution in [2.75, 3.05) is 13.1 Å². The van der Waals surface area contributed by atoms with Crippen molar-refractivity contribution in [3.05, 3.63) is 11.6 Å². The SMILES string of the molecule is CC(C)(SS)C1=CCCCNC1. The molecule has 0 atom stereocenters. The molecule has 1 aliphatic heterocycles. The van der Waals surface area contributed by atoms with Gasteiger partial charge in [-0.1, -0.05) is 16.9 Å². The second-order valence-electron chi connectivity index (χ2n) is 3.65. The summed E-state index contributed by atoms with van der Waals surface area (Å²) in [6, 6.07) is 0. The zero-order chi connectivity index (χ0) is 9.03. The lowest BCUT2D eigenvalue weighted by atomic mass is 10.0. The molecule has 1 rings (SSSR count). The van der Waals surface area contributed by atoms with Crippen molar-refractivity contribution < 1.29 is 0 Å². The molecule has 0 aliphatic carbocycles. The van der Waals surface area contributed by atoms with E-state index in [4.69, 9.17) is 0 Å². The Bertz CT molecular complexity index is 175. The molecular formula is C9H17NS2. The van der Waals surface area contributed by atoms with E-state index in [9.17, 15) is 0 Å². The van der Waals surface area contributed by atoms with Gasteiger partial charge in [0.15, 0.2) is 0 Å². The summed E-state index contributed by atoms with van der Waals surface area (Å²) >= 11 is 4.29. The van der Waals surface area contributed by atoms with Crippen molar-refractivity contribution in [1.82, 2.24) is 5.32 Å². The van der Waals surface area contributed by atoms with Gasteiger partial charge in [0.1, 0.15) is 0 Å². The van der Waals surface area contributed by atoms with E-state index in [1.54, 1.807) is 10.8 Å². The number of nitrogens with one attached hydrogen (secondary N) is 1. The van der Waals surface area contributed by atoms with Crippen LogP contribution >= 0.6 is 22.5 Å². The van der Waals surface area contributed by atoms with E-state index in [1.165, 1.54) is 18.4 Å². The second kappa shape index (κ2) is 4.58. The van der Waals surface area contributed by atoms with Gasteiger partial charge >= 0.3 is 0 Å². The summed E-state index contributed by atoms with van der Waals surface area (Å²) in [6.07, 6.45) is 4.83. The standard InChI is InChI=1S/C9H17NS2/c1-9(2,12-11)8-5-3-4-6-10-7-8/h5,10-11H,3-4,6-7H2,1-2H3. The largest absolute Gasteiger partial charge is 0.313 e. The van der Waals surface area contributed by atoms with Crippen LogP contribution in [-0.2, 0) is 0 Å². The summed E-state index contributed by atoms with van der Waals surface area (Å²) in [4.78, 5) is 0. The lowest BCUT2D eigenvalue weighted by Gasteiger charge is -2.24. The maximum Gasteiger partial charge on any atom is 0.0425 e. The zero-order valence-corrected chi connectivity index (χ0v) is 9.47. The van der Waals surface area contributed by atoms with Crippen LogP contribution in [0.4, 0.5) is 0 Å². The van der Waals surface area contributed by atoms with Gasteiger partial charge in [0.05, 0.1) is 0 Å². The predicted octanol–water partition coefficient (Wildman–Crippen LogP) is 2.65. The molecule has 3 heteroatoms. The van der Waals surface area contributed by atoms with Gasteiger partial charge < -0.3 is 5.32 Å². The zero-order valence-electron chi connectivity index (χ0n) is 7.76. The molecule has 1 aliphatic rings. The van der Waals surface area contributed by atoms with Crippen molar-refractivity contribution in [3.8, 4) is 0 Å². The summed E-state index contributed by atoms with van der Waals surface area (Å²) in [5.41, 5.74) is 1.49. The fraction of sp³-hybridized carbons (Fsp3) is 0.778. The Kier molecular flexibility index (Phi) is 4.00. The van der Waals surface area contributed by atoms with Gasteiger partial charge in [-0.15, -0.1) is 11.7 Å². The lowest BCUT2D eigenvalue weighted by molar-refractivity contribution is 0.688. The summed E-state index contributed by atoms with van der Waals surface area (Å²) in [7, 11) is 1.63. The predicted molar refractivity (Wildman–Crippen MR) is 60.8 cm³/mol.